The highest BCUT2D eigenvalue weighted by Gasteiger charge is 2.22. The molecule has 3 aromatic carbocycles. The maximum absolute atomic E-state index is 2.32. The molecular weight excluding hydrogens is 254 g/mol. The van der Waals surface area contributed by atoms with Crippen molar-refractivity contribution in [1.29, 1.82) is 0 Å². The Morgan fingerprint density at radius 2 is 1.19 bits per heavy atom. The van der Waals surface area contributed by atoms with Gasteiger partial charge in [0.15, 0.2) is 0 Å². The van der Waals surface area contributed by atoms with Crippen molar-refractivity contribution in [2.24, 2.45) is 0 Å². The molecule has 1 heterocycles. The van der Waals surface area contributed by atoms with Gasteiger partial charge >= 0.3 is 0 Å². The third-order valence-corrected chi connectivity index (χ3v) is 4.35. The molecule has 0 aliphatic carbocycles. The van der Waals surface area contributed by atoms with Gasteiger partial charge < -0.3 is 4.90 Å². The Bertz CT molecular complexity index is 833. The van der Waals surface area contributed by atoms with E-state index < -0.39 is 0 Å². The molecular formula is C20H17N. The van der Waals surface area contributed by atoms with Gasteiger partial charge in [-0.25, -0.2) is 0 Å². The van der Waals surface area contributed by atoms with Gasteiger partial charge in [-0.1, -0.05) is 60.7 Å². The second-order valence-electron chi connectivity index (χ2n) is 5.59. The summed E-state index contributed by atoms with van der Waals surface area (Å²) in [6.45, 7) is 2.19. The predicted octanol–water partition coefficient (Wildman–Crippen LogP) is 5.41. The molecule has 0 bridgehead atoms. The highest BCUT2D eigenvalue weighted by Crippen LogP contribution is 2.47. The van der Waals surface area contributed by atoms with Crippen LogP contribution < -0.4 is 4.90 Å². The zero-order valence-electron chi connectivity index (χ0n) is 12.3. The van der Waals surface area contributed by atoms with Crippen LogP contribution in [0.1, 0.15) is 5.56 Å². The van der Waals surface area contributed by atoms with Crippen molar-refractivity contribution < 1.29 is 0 Å². The predicted molar refractivity (Wildman–Crippen MR) is 90.1 cm³/mol. The van der Waals surface area contributed by atoms with Gasteiger partial charge in [-0.15, -0.1) is 0 Å². The van der Waals surface area contributed by atoms with E-state index in [1.807, 2.05) is 0 Å². The first-order valence-corrected chi connectivity index (χ1v) is 7.29. The minimum Gasteiger partial charge on any atom is -0.343 e. The fourth-order valence-electron chi connectivity index (χ4n) is 3.39. The van der Waals surface area contributed by atoms with Crippen LogP contribution >= 0.6 is 0 Å². The van der Waals surface area contributed by atoms with Crippen molar-refractivity contribution in [2.45, 2.75) is 6.92 Å². The van der Waals surface area contributed by atoms with Crippen molar-refractivity contribution >= 4 is 11.4 Å². The summed E-state index contributed by atoms with van der Waals surface area (Å²) in [6.07, 6.45) is 0. The van der Waals surface area contributed by atoms with Crippen LogP contribution in [-0.2, 0) is 0 Å². The lowest BCUT2D eigenvalue weighted by Gasteiger charge is -2.23. The van der Waals surface area contributed by atoms with Crippen LogP contribution in [0.25, 0.3) is 22.3 Å². The Kier molecular flexibility index (Phi) is 2.61. The maximum Gasteiger partial charge on any atom is 0.0517 e. The summed E-state index contributed by atoms with van der Waals surface area (Å²) in [5.74, 6) is 0. The van der Waals surface area contributed by atoms with Crippen molar-refractivity contribution in [2.75, 3.05) is 11.9 Å². The molecule has 0 saturated carbocycles. The number of para-hydroxylation sites is 2. The molecule has 102 valence electrons. The standard InChI is InChI=1S/C20H17N/c1-14-8-7-12-18-16-10-4-3-9-15(16)17-11-5-6-13-19(17)21(2)20(14)18/h3-13H,1-2H3. The summed E-state index contributed by atoms with van der Waals surface area (Å²) in [4.78, 5) is 2.32. The number of aryl methyl sites for hydroxylation is 1. The number of nitrogens with zero attached hydrogens (tertiary/aromatic N) is 1. The monoisotopic (exact) mass is 271 g/mol. The van der Waals surface area contributed by atoms with Crippen LogP contribution in [0.2, 0.25) is 0 Å². The summed E-state index contributed by atoms with van der Waals surface area (Å²) in [5, 5.41) is 0. The number of benzene rings is 3. The molecule has 0 N–H and O–H groups in total. The lowest BCUT2D eigenvalue weighted by molar-refractivity contribution is 1.19. The fraction of sp³-hybridized carbons (Fsp3) is 0.100. The SMILES string of the molecule is Cc1cccc2c1N(C)c1ccccc1-c1ccccc1-2. The Morgan fingerprint density at radius 3 is 1.95 bits per heavy atom. The molecule has 0 spiro atoms. The van der Waals surface area contributed by atoms with Gasteiger partial charge in [-0.2, -0.15) is 0 Å². The molecule has 0 aromatic heterocycles. The number of hydrogen-bond acceptors (Lipinski definition) is 1. The van der Waals surface area contributed by atoms with Gasteiger partial charge in [-0.05, 0) is 29.7 Å². The third-order valence-electron chi connectivity index (χ3n) is 4.35. The van der Waals surface area contributed by atoms with Crippen LogP contribution in [0.4, 0.5) is 11.4 Å². The van der Waals surface area contributed by atoms with Crippen molar-refractivity contribution in [3.05, 3.63) is 72.3 Å². The van der Waals surface area contributed by atoms with Gasteiger partial charge in [0.1, 0.15) is 0 Å². The maximum atomic E-state index is 2.32. The summed E-state index contributed by atoms with van der Waals surface area (Å²) < 4.78 is 0. The number of anilines is 2. The van der Waals surface area contributed by atoms with Crippen LogP contribution in [0.3, 0.4) is 0 Å². The summed E-state index contributed by atoms with van der Waals surface area (Å²) >= 11 is 0. The lowest BCUT2D eigenvalue weighted by atomic mass is 9.94. The first-order valence-electron chi connectivity index (χ1n) is 7.29. The molecule has 1 heteroatoms. The van der Waals surface area contributed by atoms with Crippen molar-refractivity contribution in [1.82, 2.24) is 0 Å². The molecule has 0 unspecified atom stereocenters. The van der Waals surface area contributed by atoms with Gasteiger partial charge in [0.25, 0.3) is 0 Å². The van der Waals surface area contributed by atoms with E-state index in [0.717, 1.165) is 0 Å². The second-order valence-corrected chi connectivity index (χ2v) is 5.59. The first kappa shape index (κ1) is 12.2. The third kappa shape index (κ3) is 1.71. The average molecular weight is 271 g/mol. The van der Waals surface area contributed by atoms with E-state index in [-0.39, 0.29) is 0 Å². The Hall–Kier alpha value is -2.54. The Balaban J connectivity index is 2.19. The van der Waals surface area contributed by atoms with Crippen LogP contribution in [0.5, 0.6) is 0 Å². The number of rotatable bonds is 0. The topological polar surface area (TPSA) is 3.24 Å². The van der Waals surface area contributed by atoms with Crippen molar-refractivity contribution in [3.63, 3.8) is 0 Å². The van der Waals surface area contributed by atoms with Crippen LogP contribution in [0.15, 0.2) is 66.7 Å². The highest BCUT2D eigenvalue weighted by atomic mass is 15.1. The largest absolute Gasteiger partial charge is 0.343 e. The van der Waals surface area contributed by atoms with E-state index in [4.69, 9.17) is 0 Å². The lowest BCUT2D eigenvalue weighted by Crippen LogP contribution is -2.11. The normalized spacial score (nSPS) is 12.2. The highest BCUT2D eigenvalue weighted by molar-refractivity contribution is 5.99. The van der Waals surface area contributed by atoms with E-state index in [0.29, 0.717) is 0 Å². The van der Waals surface area contributed by atoms with Gasteiger partial charge in [0.05, 0.1) is 5.69 Å². The molecule has 1 nitrogen and oxygen atoms in total. The molecule has 0 fully saturated rings. The average Bonchev–Trinajstić information content (AvgIpc) is 2.64. The summed E-state index contributed by atoms with van der Waals surface area (Å²) in [5.41, 5.74) is 9.10. The minimum absolute atomic E-state index is 1.26. The van der Waals surface area contributed by atoms with E-state index in [2.05, 4.69) is 85.6 Å². The van der Waals surface area contributed by atoms with Crippen LogP contribution in [-0.4, -0.2) is 7.05 Å². The van der Waals surface area contributed by atoms with E-state index in [1.54, 1.807) is 0 Å². The molecule has 0 amide bonds. The molecule has 3 aromatic rings. The summed E-state index contributed by atoms with van der Waals surface area (Å²) in [7, 11) is 2.16. The van der Waals surface area contributed by atoms with E-state index in [1.165, 1.54) is 39.2 Å². The number of hydrogen-bond donors (Lipinski definition) is 0. The first-order chi connectivity index (χ1) is 10.3. The fourth-order valence-corrected chi connectivity index (χ4v) is 3.39. The van der Waals surface area contributed by atoms with Crippen molar-refractivity contribution in [3.8, 4) is 22.3 Å². The second kappa shape index (κ2) is 4.49. The van der Waals surface area contributed by atoms with Crippen LogP contribution in [0, 0.1) is 6.92 Å². The molecule has 21 heavy (non-hydrogen) atoms. The molecule has 0 atom stereocenters. The zero-order chi connectivity index (χ0) is 14.4. The molecule has 0 radical (unpaired) electrons. The van der Waals surface area contributed by atoms with Gasteiger partial charge in [0.2, 0.25) is 0 Å². The zero-order valence-corrected chi connectivity index (χ0v) is 12.3. The van der Waals surface area contributed by atoms with Gasteiger partial charge in [-0.3, -0.25) is 0 Å². The molecule has 1 aliphatic heterocycles. The Morgan fingerprint density at radius 1 is 0.619 bits per heavy atom. The van der Waals surface area contributed by atoms with E-state index in [9.17, 15) is 0 Å². The number of fused-ring (bicyclic) bond motifs is 5. The molecule has 4 rings (SSSR count). The smallest absolute Gasteiger partial charge is 0.0517 e. The molecule has 0 saturated heterocycles. The quantitative estimate of drug-likeness (QED) is 0.528. The van der Waals surface area contributed by atoms with E-state index >= 15 is 0 Å². The molecule has 1 aliphatic rings. The summed E-state index contributed by atoms with van der Waals surface area (Å²) in [6, 6.07) is 23.9. The van der Waals surface area contributed by atoms with Gasteiger partial charge in [0, 0.05) is 23.9 Å². The Labute approximate surface area is 125 Å². The minimum atomic E-state index is 1.26.